The first-order valence-corrected chi connectivity index (χ1v) is 9.78. The monoisotopic (exact) mass is 376 g/mol. The van der Waals surface area contributed by atoms with Crippen molar-refractivity contribution in [2.45, 2.75) is 44.8 Å². The van der Waals surface area contributed by atoms with Gasteiger partial charge in [0.25, 0.3) is 0 Å². The van der Waals surface area contributed by atoms with E-state index in [1.807, 2.05) is 47.2 Å². The van der Waals surface area contributed by atoms with E-state index < -0.39 is 6.04 Å². The quantitative estimate of drug-likeness (QED) is 0.603. The predicted molar refractivity (Wildman–Crippen MR) is 112 cm³/mol. The van der Waals surface area contributed by atoms with Crippen LogP contribution in [0.5, 0.6) is 0 Å². The second kappa shape index (κ2) is 9.85. The molecule has 0 aliphatic carbocycles. The molecule has 2 aromatic carbocycles. The van der Waals surface area contributed by atoms with Crippen molar-refractivity contribution in [2.75, 3.05) is 0 Å². The molecule has 3 rings (SSSR count). The molecule has 0 saturated heterocycles. The number of aromatic nitrogens is 2. The molecule has 1 amide bonds. The van der Waals surface area contributed by atoms with E-state index in [-0.39, 0.29) is 11.9 Å². The molecule has 146 valence electrons. The molecule has 1 aromatic heterocycles. The lowest BCUT2D eigenvalue weighted by Crippen LogP contribution is -2.47. The van der Waals surface area contributed by atoms with E-state index in [0.29, 0.717) is 6.42 Å². The number of nitrogens with two attached hydrogens (primary N) is 1. The summed E-state index contributed by atoms with van der Waals surface area (Å²) < 4.78 is 2.01. The smallest absolute Gasteiger partial charge is 0.237 e. The lowest BCUT2D eigenvalue weighted by atomic mass is 10.0. The number of hydrogen-bond acceptors (Lipinski definition) is 3. The first kappa shape index (κ1) is 19.8. The van der Waals surface area contributed by atoms with Gasteiger partial charge in [0.1, 0.15) is 0 Å². The number of nitrogens with one attached hydrogen (secondary N) is 1. The Morgan fingerprint density at radius 1 is 1.04 bits per heavy atom. The molecule has 3 aromatic rings. The van der Waals surface area contributed by atoms with Crippen molar-refractivity contribution >= 4 is 5.91 Å². The maximum absolute atomic E-state index is 12.5. The highest BCUT2D eigenvalue weighted by atomic mass is 16.2. The van der Waals surface area contributed by atoms with Gasteiger partial charge in [-0.25, -0.2) is 4.98 Å². The van der Waals surface area contributed by atoms with Crippen LogP contribution >= 0.6 is 0 Å². The summed E-state index contributed by atoms with van der Waals surface area (Å²) in [5.74, 6) is -0.125. The minimum atomic E-state index is -0.607. The van der Waals surface area contributed by atoms with Crippen LogP contribution in [0.25, 0.3) is 0 Å². The molecule has 0 aliphatic rings. The van der Waals surface area contributed by atoms with Gasteiger partial charge in [-0.1, -0.05) is 67.6 Å². The van der Waals surface area contributed by atoms with Gasteiger partial charge < -0.3 is 15.6 Å². The maximum Gasteiger partial charge on any atom is 0.237 e. The molecule has 1 heterocycles. The van der Waals surface area contributed by atoms with Gasteiger partial charge in [-0.3, -0.25) is 4.79 Å². The summed E-state index contributed by atoms with van der Waals surface area (Å²) in [7, 11) is 0. The van der Waals surface area contributed by atoms with Crippen molar-refractivity contribution < 1.29 is 4.79 Å². The minimum Gasteiger partial charge on any atom is -0.352 e. The molecule has 0 saturated carbocycles. The summed E-state index contributed by atoms with van der Waals surface area (Å²) in [5, 5.41) is 3.08. The van der Waals surface area contributed by atoms with Crippen LogP contribution in [0.2, 0.25) is 0 Å². The lowest BCUT2D eigenvalue weighted by Gasteiger charge is -2.19. The van der Waals surface area contributed by atoms with Crippen molar-refractivity contribution in [1.82, 2.24) is 14.9 Å². The van der Waals surface area contributed by atoms with Gasteiger partial charge in [-0.05, 0) is 24.0 Å². The molecular formula is C23H28N4O. The molecule has 0 bridgehead atoms. The third kappa shape index (κ3) is 5.79. The van der Waals surface area contributed by atoms with Gasteiger partial charge in [0.15, 0.2) is 0 Å². The van der Waals surface area contributed by atoms with Crippen LogP contribution < -0.4 is 11.1 Å². The van der Waals surface area contributed by atoms with Gasteiger partial charge in [-0.15, -0.1) is 0 Å². The van der Waals surface area contributed by atoms with Gasteiger partial charge in [0, 0.05) is 25.2 Å². The van der Waals surface area contributed by atoms with Crippen LogP contribution in [0, 0.1) is 0 Å². The fourth-order valence-corrected chi connectivity index (χ4v) is 3.21. The second-order valence-electron chi connectivity index (χ2n) is 7.14. The Balaban J connectivity index is 1.52. The summed E-state index contributed by atoms with van der Waals surface area (Å²) in [5.41, 5.74) is 9.39. The minimum absolute atomic E-state index is 0.0802. The average Bonchev–Trinajstić information content (AvgIpc) is 3.15. The van der Waals surface area contributed by atoms with E-state index in [1.54, 1.807) is 6.33 Å². The molecule has 0 fully saturated rings. The van der Waals surface area contributed by atoms with E-state index in [1.165, 1.54) is 11.1 Å². The number of benzene rings is 2. The number of rotatable bonds is 9. The van der Waals surface area contributed by atoms with Crippen molar-refractivity contribution in [3.8, 4) is 0 Å². The van der Waals surface area contributed by atoms with Crippen molar-refractivity contribution in [2.24, 2.45) is 5.73 Å². The third-order valence-electron chi connectivity index (χ3n) is 4.82. The first-order valence-electron chi connectivity index (χ1n) is 9.78. The normalized spacial score (nSPS) is 13.1. The van der Waals surface area contributed by atoms with Crippen molar-refractivity contribution in [3.63, 3.8) is 0 Å². The summed E-state index contributed by atoms with van der Waals surface area (Å²) in [6.07, 6.45) is 5.84. The topological polar surface area (TPSA) is 72.9 Å². The predicted octanol–water partition coefficient (Wildman–Crippen LogP) is 2.94. The number of nitrogens with zero attached hydrogens (tertiary/aromatic N) is 2. The van der Waals surface area contributed by atoms with Crippen LogP contribution in [0.1, 0.15) is 30.2 Å². The Morgan fingerprint density at radius 2 is 1.68 bits per heavy atom. The zero-order chi connectivity index (χ0) is 19.8. The van der Waals surface area contributed by atoms with Crippen LogP contribution in [0.15, 0.2) is 73.2 Å². The SMILES string of the molecule is CCC(Cc1ccccc1)NC(=O)[C@@H](N)Cc1cn(Cc2ccccc2)cn1. The van der Waals surface area contributed by atoms with E-state index in [2.05, 4.69) is 41.5 Å². The standard InChI is InChI=1S/C23H28N4O/c1-2-20(13-18-9-5-3-6-10-18)26-23(28)22(24)14-21-16-27(17-25-21)15-19-11-7-4-8-12-19/h3-12,16-17,20,22H,2,13-15,24H2,1H3,(H,26,28)/t20?,22-/m0/s1. The molecular weight excluding hydrogens is 348 g/mol. The van der Waals surface area contributed by atoms with Crippen molar-refractivity contribution in [1.29, 1.82) is 0 Å². The van der Waals surface area contributed by atoms with Gasteiger partial charge in [0.2, 0.25) is 5.91 Å². The molecule has 3 N–H and O–H groups in total. The van der Waals surface area contributed by atoms with E-state index in [9.17, 15) is 4.79 Å². The number of imidazole rings is 1. The van der Waals surface area contributed by atoms with Crippen LogP contribution in [0.4, 0.5) is 0 Å². The molecule has 5 nitrogen and oxygen atoms in total. The zero-order valence-corrected chi connectivity index (χ0v) is 16.3. The zero-order valence-electron chi connectivity index (χ0n) is 16.3. The summed E-state index contributed by atoms with van der Waals surface area (Å²) in [6, 6.07) is 19.9. The number of amides is 1. The van der Waals surface area contributed by atoms with E-state index >= 15 is 0 Å². The van der Waals surface area contributed by atoms with E-state index in [0.717, 1.165) is 25.1 Å². The molecule has 0 radical (unpaired) electrons. The Labute approximate surface area is 166 Å². The lowest BCUT2D eigenvalue weighted by molar-refractivity contribution is -0.123. The van der Waals surface area contributed by atoms with Gasteiger partial charge in [-0.2, -0.15) is 0 Å². The van der Waals surface area contributed by atoms with Crippen molar-refractivity contribution in [3.05, 3.63) is 90.0 Å². The highest BCUT2D eigenvalue weighted by Crippen LogP contribution is 2.08. The highest BCUT2D eigenvalue weighted by Gasteiger charge is 2.19. The fraction of sp³-hybridized carbons (Fsp3) is 0.304. The molecule has 2 atom stereocenters. The average molecular weight is 377 g/mol. The Hall–Kier alpha value is -2.92. The Bertz CT molecular complexity index is 861. The van der Waals surface area contributed by atoms with Gasteiger partial charge >= 0.3 is 0 Å². The van der Waals surface area contributed by atoms with Crippen LogP contribution in [-0.4, -0.2) is 27.5 Å². The molecule has 28 heavy (non-hydrogen) atoms. The van der Waals surface area contributed by atoms with E-state index in [4.69, 9.17) is 5.73 Å². The highest BCUT2D eigenvalue weighted by molar-refractivity contribution is 5.82. The first-order chi connectivity index (χ1) is 13.6. The molecule has 0 spiro atoms. The Kier molecular flexibility index (Phi) is 6.98. The fourth-order valence-electron chi connectivity index (χ4n) is 3.21. The summed E-state index contributed by atoms with van der Waals surface area (Å²) in [4.78, 5) is 16.9. The number of hydrogen-bond donors (Lipinski definition) is 2. The van der Waals surface area contributed by atoms with Crippen LogP contribution in [0.3, 0.4) is 0 Å². The number of carbonyl (C=O) groups excluding carboxylic acids is 1. The molecule has 0 aliphatic heterocycles. The summed E-state index contributed by atoms with van der Waals surface area (Å²) >= 11 is 0. The molecule has 5 heteroatoms. The number of carbonyl (C=O) groups is 1. The van der Waals surface area contributed by atoms with Gasteiger partial charge in [0.05, 0.1) is 18.1 Å². The Morgan fingerprint density at radius 3 is 2.32 bits per heavy atom. The van der Waals surface area contributed by atoms with Crippen LogP contribution in [-0.2, 0) is 24.2 Å². The second-order valence-corrected chi connectivity index (χ2v) is 7.14. The maximum atomic E-state index is 12.5. The largest absolute Gasteiger partial charge is 0.352 e. The third-order valence-corrected chi connectivity index (χ3v) is 4.82. The molecule has 1 unspecified atom stereocenters. The summed E-state index contributed by atoms with van der Waals surface area (Å²) in [6.45, 7) is 2.83.